The van der Waals surface area contributed by atoms with Gasteiger partial charge >= 0.3 is 0 Å². The smallest absolute Gasteiger partial charge is 0.237 e. The fourth-order valence-corrected chi connectivity index (χ4v) is 1.82. The zero-order valence-electron chi connectivity index (χ0n) is 8.46. The van der Waals surface area contributed by atoms with Gasteiger partial charge in [-0.1, -0.05) is 25.1 Å². The Kier molecular flexibility index (Phi) is 2.51. The summed E-state index contributed by atoms with van der Waals surface area (Å²) in [6.07, 6.45) is 3.21. The highest BCUT2D eigenvalue weighted by Gasteiger charge is 2.28. The summed E-state index contributed by atoms with van der Waals surface area (Å²) in [4.78, 5) is 11.6. The largest absolute Gasteiger partial charge is 0.754 e. The van der Waals surface area contributed by atoms with Crippen LogP contribution in [-0.2, 0) is 0 Å². The molecule has 0 aliphatic carbocycles. The molecule has 0 fully saturated rings. The first-order valence-corrected chi connectivity index (χ1v) is 4.93. The number of nitrogens with zero attached hydrogens (tertiary/aromatic N) is 2. The van der Waals surface area contributed by atoms with E-state index in [1.165, 1.54) is 12.4 Å². The number of anilines is 1. The summed E-state index contributed by atoms with van der Waals surface area (Å²) in [5.41, 5.74) is 1.34. The number of rotatable bonds is 1. The summed E-state index contributed by atoms with van der Waals surface area (Å²) in [7, 11) is 0. The second-order valence-corrected chi connectivity index (χ2v) is 3.47. The lowest BCUT2D eigenvalue weighted by Crippen LogP contribution is -2.10. The molecule has 0 amide bonds. The van der Waals surface area contributed by atoms with E-state index in [0.29, 0.717) is 12.1 Å². The second kappa shape index (κ2) is 3.82. The van der Waals surface area contributed by atoms with E-state index in [9.17, 15) is 10.1 Å². The first-order valence-electron chi connectivity index (χ1n) is 4.93. The maximum absolute atomic E-state index is 11.6. The Morgan fingerprint density at radius 1 is 1.47 bits per heavy atom. The number of fused-ring (bicyclic) bond motifs is 1. The van der Waals surface area contributed by atoms with Crippen LogP contribution in [-0.4, -0.2) is 4.76 Å². The van der Waals surface area contributed by atoms with Gasteiger partial charge in [0.1, 0.15) is 0 Å². The maximum Gasteiger partial charge on any atom is 0.237 e. The van der Waals surface area contributed by atoms with Gasteiger partial charge in [-0.05, 0) is 6.07 Å². The average Bonchev–Trinajstić information content (AvgIpc) is 2.38. The summed E-state index contributed by atoms with van der Waals surface area (Å²) in [6.45, 7) is 1.93. The highest BCUT2D eigenvalue weighted by molar-refractivity contribution is 5.57. The van der Waals surface area contributed by atoms with Crippen LogP contribution in [0.15, 0.2) is 36.7 Å². The van der Waals surface area contributed by atoms with Crippen LogP contribution in [0, 0.1) is 10.1 Å². The van der Waals surface area contributed by atoms with E-state index in [4.69, 9.17) is 0 Å². The zero-order valence-corrected chi connectivity index (χ0v) is 8.46. The lowest BCUT2D eigenvalue weighted by molar-refractivity contribution is -0.528. The number of hydrogen-bond donors (Lipinski definition) is 0. The molecule has 0 bridgehead atoms. The van der Waals surface area contributed by atoms with E-state index >= 15 is 0 Å². The molecule has 1 unspecified atom stereocenters. The topological polar surface area (TPSA) is 46.4 Å². The first kappa shape index (κ1) is 9.86. The third kappa shape index (κ3) is 1.64. The summed E-state index contributed by atoms with van der Waals surface area (Å²) in [6, 6.07) is 6.93. The van der Waals surface area contributed by atoms with Crippen molar-refractivity contribution in [1.82, 2.24) is 0 Å². The van der Waals surface area contributed by atoms with Crippen molar-refractivity contribution < 1.29 is 4.76 Å². The lowest BCUT2D eigenvalue weighted by Gasteiger charge is -2.26. The normalized spacial score (nSPS) is 20.0. The number of nitroso groups, excluding NO2 is 1. The Hall–Kier alpha value is -1.68. The minimum Gasteiger partial charge on any atom is -0.754 e. The van der Waals surface area contributed by atoms with Gasteiger partial charge in [0, 0.05) is 27.3 Å². The molecule has 1 heterocycles. The third-order valence-corrected chi connectivity index (χ3v) is 2.58. The van der Waals surface area contributed by atoms with Gasteiger partial charge in [0.25, 0.3) is 0 Å². The molecule has 1 atom stereocenters. The number of hydrogen-bond acceptors (Lipinski definition) is 3. The van der Waals surface area contributed by atoms with Crippen LogP contribution in [0.25, 0.3) is 0 Å². The van der Waals surface area contributed by atoms with Gasteiger partial charge in [0.05, 0.1) is 6.20 Å². The molecule has 1 aromatic rings. The monoisotopic (exact) mass is 204 g/mol. The molecular weight excluding hydrogens is 192 g/mol. The van der Waals surface area contributed by atoms with E-state index < -0.39 is 0 Å². The van der Waals surface area contributed by atoms with Gasteiger partial charge in [-0.15, -0.1) is 0 Å². The standard InChI is InChI=1S/C11H12N2O2/c1-2-10-9-5-3-4-6-11(9)13(15)8-7-12(10)14/h3-8,10H,2H2,1H3. The van der Waals surface area contributed by atoms with Crippen molar-refractivity contribution in [3.63, 3.8) is 0 Å². The lowest BCUT2D eigenvalue weighted by atomic mass is 10.0. The van der Waals surface area contributed by atoms with Gasteiger partial charge in [0.2, 0.25) is 12.2 Å². The molecule has 1 aromatic carbocycles. The summed E-state index contributed by atoms with van der Waals surface area (Å²) in [5.74, 6) is 0. The predicted molar refractivity (Wildman–Crippen MR) is 58.1 cm³/mol. The van der Waals surface area contributed by atoms with E-state index in [-0.39, 0.29) is 6.04 Å². The molecule has 0 spiro atoms. The molecule has 0 saturated carbocycles. The van der Waals surface area contributed by atoms with Gasteiger partial charge in [-0.2, -0.15) is 0 Å². The van der Waals surface area contributed by atoms with Crippen LogP contribution >= 0.6 is 0 Å². The van der Waals surface area contributed by atoms with Crippen LogP contribution in [0.5, 0.6) is 0 Å². The summed E-state index contributed by atoms with van der Waals surface area (Å²) in [5, 5.41) is 12.3. The van der Waals surface area contributed by atoms with Crippen LogP contribution < -0.4 is 5.06 Å². The Bertz CT molecular complexity index is 415. The van der Waals surface area contributed by atoms with Gasteiger partial charge < -0.3 is 10.3 Å². The molecule has 2 rings (SSSR count). The highest BCUT2D eigenvalue weighted by Crippen LogP contribution is 2.32. The van der Waals surface area contributed by atoms with Crippen LogP contribution in [0.3, 0.4) is 0 Å². The van der Waals surface area contributed by atoms with Crippen LogP contribution in [0.2, 0.25) is 0 Å². The van der Waals surface area contributed by atoms with Gasteiger partial charge in [-0.3, -0.25) is 0 Å². The minimum absolute atomic E-state index is 0.267. The molecule has 1 aliphatic heterocycles. The van der Waals surface area contributed by atoms with Crippen LogP contribution in [0.1, 0.15) is 24.9 Å². The second-order valence-electron chi connectivity index (χ2n) is 3.47. The van der Waals surface area contributed by atoms with E-state index in [2.05, 4.69) is 0 Å². The first-order chi connectivity index (χ1) is 7.24. The molecule has 0 N–H and O–H groups in total. The predicted octanol–water partition coefficient (Wildman–Crippen LogP) is 2.71. The van der Waals surface area contributed by atoms with Crippen molar-refractivity contribution in [1.29, 1.82) is 0 Å². The van der Waals surface area contributed by atoms with E-state index in [0.717, 1.165) is 15.4 Å². The minimum atomic E-state index is -0.267. The SMILES string of the molecule is CCC1c2ccccc2N([O-])C=C[N+]1=O. The van der Waals surface area contributed by atoms with Crippen molar-refractivity contribution in [2.45, 2.75) is 19.4 Å². The maximum atomic E-state index is 11.6. The molecule has 1 aliphatic rings. The number of benzene rings is 1. The summed E-state index contributed by atoms with van der Waals surface area (Å²) >= 11 is 0. The van der Waals surface area contributed by atoms with Crippen LogP contribution in [0.4, 0.5) is 5.69 Å². The van der Waals surface area contributed by atoms with Gasteiger partial charge in [-0.25, -0.2) is 0 Å². The Balaban J connectivity index is 2.57. The van der Waals surface area contributed by atoms with Crippen molar-refractivity contribution in [2.24, 2.45) is 0 Å². The number of para-hydroxylation sites is 1. The fourth-order valence-electron chi connectivity index (χ4n) is 1.82. The highest BCUT2D eigenvalue weighted by atomic mass is 16.5. The zero-order chi connectivity index (χ0) is 10.8. The molecule has 4 nitrogen and oxygen atoms in total. The third-order valence-electron chi connectivity index (χ3n) is 2.58. The van der Waals surface area contributed by atoms with E-state index in [1.54, 1.807) is 12.1 Å². The quantitative estimate of drug-likeness (QED) is 0.661. The Morgan fingerprint density at radius 3 is 2.93 bits per heavy atom. The van der Waals surface area contributed by atoms with Crippen molar-refractivity contribution >= 4 is 5.69 Å². The Morgan fingerprint density at radius 2 is 2.20 bits per heavy atom. The molecule has 0 saturated heterocycles. The Labute approximate surface area is 88.0 Å². The summed E-state index contributed by atoms with van der Waals surface area (Å²) < 4.78 is 0.830. The molecule has 15 heavy (non-hydrogen) atoms. The molecule has 0 radical (unpaired) electrons. The molecule has 78 valence electrons. The van der Waals surface area contributed by atoms with Crippen molar-refractivity contribution in [3.8, 4) is 0 Å². The molecule has 0 aromatic heterocycles. The molecular formula is C11H12N2O2. The number of hydroxylamine groups is 1. The average molecular weight is 204 g/mol. The van der Waals surface area contributed by atoms with Gasteiger partial charge in [0.15, 0.2) is 0 Å². The van der Waals surface area contributed by atoms with Crippen molar-refractivity contribution in [3.05, 3.63) is 52.3 Å². The van der Waals surface area contributed by atoms with Crippen molar-refractivity contribution in [2.75, 3.05) is 5.06 Å². The van der Waals surface area contributed by atoms with E-state index in [1.807, 2.05) is 19.1 Å². The molecule has 4 heteroatoms. The fraction of sp³-hybridized carbons (Fsp3) is 0.273.